The molecule has 1 saturated heterocycles. The molecule has 0 unspecified atom stereocenters. The number of hydrogen-bond donors (Lipinski definition) is 1. The summed E-state index contributed by atoms with van der Waals surface area (Å²) in [5, 5.41) is 2.46. The van der Waals surface area contributed by atoms with Gasteiger partial charge in [0.2, 0.25) is 5.91 Å². The van der Waals surface area contributed by atoms with E-state index in [1.54, 1.807) is 30.1 Å². The Bertz CT molecular complexity index is 962. The van der Waals surface area contributed by atoms with Crippen LogP contribution in [0.3, 0.4) is 0 Å². The zero-order chi connectivity index (χ0) is 23.4. The number of carbonyl (C=O) groups is 2. The molecule has 0 aliphatic carbocycles. The van der Waals surface area contributed by atoms with Crippen molar-refractivity contribution >= 4 is 17.7 Å². The number of carbonyl (C=O) groups excluding carboxylic acids is 2. The van der Waals surface area contributed by atoms with Crippen molar-refractivity contribution in [2.75, 3.05) is 18.9 Å². The molecule has 172 valence electrons. The number of alkyl halides is 3. The largest absolute Gasteiger partial charge is 0.573 e. The van der Waals surface area contributed by atoms with E-state index in [1.807, 2.05) is 13.0 Å². The normalized spacial score (nSPS) is 19.3. The van der Waals surface area contributed by atoms with E-state index in [0.29, 0.717) is 19.4 Å². The highest BCUT2D eigenvalue weighted by Gasteiger charge is 2.41. The van der Waals surface area contributed by atoms with E-state index in [2.05, 4.69) is 10.1 Å². The zero-order valence-electron chi connectivity index (χ0n) is 17.9. The molecule has 1 N–H and O–H groups in total. The summed E-state index contributed by atoms with van der Waals surface area (Å²) < 4.78 is 45.9. The van der Waals surface area contributed by atoms with Crippen molar-refractivity contribution in [3.63, 3.8) is 0 Å². The van der Waals surface area contributed by atoms with Gasteiger partial charge in [0, 0.05) is 19.3 Å². The van der Waals surface area contributed by atoms with Crippen molar-refractivity contribution in [1.29, 1.82) is 0 Å². The third-order valence-corrected chi connectivity index (χ3v) is 5.64. The molecule has 0 bridgehead atoms. The third kappa shape index (κ3) is 5.52. The van der Waals surface area contributed by atoms with Crippen LogP contribution < -0.4 is 14.8 Å². The molecule has 0 spiro atoms. The molecule has 1 aliphatic rings. The lowest BCUT2D eigenvalue weighted by molar-refractivity contribution is -0.274. The van der Waals surface area contributed by atoms with Crippen LogP contribution in [0.1, 0.15) is 38.2 Å². The molecular formula is C23H25F3N2O4. The van der Waals surface area contributed by atoms with Crippen LogP contribution >= 0.6 is 0 Å². The molecule has 1 heterocycles. The van der Waals surface area contributed by atoms with E-state index < -0.39 is 23.6 Å². The molecule has 32 heavy (non-hydrogen) atoms. The van der Waals surface area contributed by atoms with Gasteiger partial charge in [-0.05, 0) is 61.2 Å². The fraction of sp³-hybridized carbons (Fsp3) is 0.391. The van der Waals surface area contributed by atoms with Crippen LogP contribution in [0.15, 0.2) is 48.5 Å². The summed E-state index contributed by atoms with van der Waals surface area (Å²) in [5.74, 6) is -0.0724. The Labute approximate surface area is 184 Å². The number of nitrogens with zero attached hydrogens (tertiary/aromatic N) is 1. The van der Waals surface area contributed by atoms with Gasteiger partial charge in [-0.2, -0.15) is 0 Å². The first-order valence-electron chi connectivity index (χ1n) is 10.3. The summed E-state index contributed by atoms with van der Waals surface area (Å²) in [6.45, 7) is 2.69. The second-order valence-electron chi connectivity index (χ2n) is 7.73. The first-order valence-corrected chi connectivity index (χ1v) is 10.3. The van der Waals surface area contributed by atoms with Crippen LogP contribution in [0, 0.1) is 0 Å². The molecule has 2 aromatic rings. The lowest BCUT2D eigenvalue weighted by atomic mass is 9.73. The smallest absolute Gasteiger partial charge is 0.410 e. The lowest BCUT2D eigenvalue weighted by Gasteiger charge is -2.33. The Morgan fingerprint density at radius 3 is 2.50 bits per heavy atom. The maximum absolute atomic E-state index is 13.1. The fourth-order valence-corrected chi connectivity index (χ4v) is 4.00. The van der Waals surface area contributed by atoms with Crippen molar-refractivity contribution in [2.24, 2.45) is 0 Å². The van der Waals surface area contributed by atoms with Gasteiger partial charge in [0.25, 0.3) is 0 Å². The van der Waals surface area contributed by atoms with E-state index in [1.165, 1.54) is 12.1 Å². The number of anilines is 1. The van der Waals surface area contributed by atoms with Crippen LogP contribution in [0.5, 0.6) is 11.5 Å². The average Bonchev–Trinajstić information content (AvgIpc) is 2.88. The highest BCUT2D eigenvalue weighted by Crippen LogP contribution is 2.38. The minimum atomic E-state index is -4.79. The number of hydrogen-bond acceptors (Lipinski definition) is 4. The van der Waals surface area contributed by atoms with Crippen LogP contribution in [-0.4, -0.2) is 36.9 Å². The van der Waals surface area contributed by atoms with Gasteiger partial charge in [0.1, 0.15) is 11.5 Å². The second kappa shape index (κ2) is 9.50. The molecule has 2 amide bonds. The quantitative estimate of drug-likeness (QED) is 0.655. The highest BCUT2D eigenvalue weighted by atomic mass is 19.4. The third-order valence-electron chi connectivity index (χ3n) is 5.64. The van der Waals surface area contributed by atoms with Gasteiger partial charge in [-0.1, -0.05) is 25.5 Å². The number of halogens is 3. The van der Waals surface area contributed by atoms with Crippen molar-refractivity contribution in [3.05, 3.63) is 54.1 Å². The van der Waals surface area contributed by atoms with Crippen molar-refractivity contribution in [1.82, 2.24) is 4.90 Å². The van der Waals surface area contributed by atoms with Gasteiger partial charge in [0.05, 0.1) is 5.41 Å². The summed E-state index contributed by atoms with van der Waals surface area (Å²) in [6.07, 6.45) is -2.39. The highest BCUT2D eigenvalue weighted by molar-refractivity contribution is 5.89. The minimum Gasteiger partial charge on any atom is -0.410 e. The summed E-state index contributed by atoms with van der Waals surface area (Å²) in [5.41, 5.74) is 0.360. The molecule has 1 atom stereocenters. The van der Waals surface area contributed by atoms with Gasteiger partial charge in [0.15, 0.2) is 0 Å². The first-order chi connectivity index (χ1) is 15.1. The number of nitrogens with one attached hydrogen (secondary N) is 1. The van der Waals surface area contributed by atoms with Crippen LogP contribution in [0.2, 0.25) is 0 Å². The number of likely N-dealkylation sites (tertiary alicyclic amines) is 1. The molecule has 0 saturated carbocycles. The van der Waals surface area contributed by atoms with E-state index >= 15 is 0 Å². The van der Waals surface area contributed by atoms with E-state index in [4.69, 9.17) is 4.74 Å². The summed E-state index contributed by atoms with van der Waals surface area (Å²) in [6, 6.07) is 11.6. The van der Waals surface area contributed by atoms with Crippen LogP contribution in [-0.2, 0) is 10.2 Å². The summed E-state index contributed by atoms with van der Waals surface area (Å²) >= 11 is 0. The van der Waals surface area contributed by atoms with E-state index in [-0.39, 0.29) is 17.3 Å². The number of amides is 2. The molecule has 9 heteroatoms. The summed E-state index contributed by atoms with van der Waals surface area (Å²) in [7, 11) is 1.80. The Morgan fingerprint density at radius 1 is 1.12 bits per heavy atom. The maximum Gasteiger partial charge on any atom is 0.573 e. The molecule has 1 fully saturated rings. The van der Waals surface area contributed by atoms with Gasteiger partial charge >= 0.3 is 12.5 Å². The maximum atomic E-state index is 13.1. The monoisotopic (exact) mass is 450 g/mol. The van der Waals surface area contributed by atoms with Gasteiger partial charge < -0.3 is 14.4 Å². The van der Waals surface area contributed by atoms with Crippen molar-refractivity contribution in [3.8, 4) is 11.5 Å². The molecule has 3 rings (SSSR count). The SMILES string of the molecule is CC[C@@]1(c2cccc(OC(=O)Nc3ccc(OC(F)(F)F)cc3)c2)CCCCN(C)C1=O. The molecule has 0 aromatic heterocycles. The zero-order valence-corrected chi connectivity index (χ0v) is 17.9. The predicted molar refractivity (Wildman–Crippen MR) is 113 cm³/mol. The molecule has 1 aliphatic heterocycles. The lowest BCUT2D eigenvalue weighted by Crippen LogP contribution is -2.43. The number of rotatable bonds is 5. The Kier molecular flexibility index (Phi) is 6.96. The number of likely N-dealkylation sites (N-methyl/N-ethyl adjacent to an activating group) is 1. The van der Waals surface area contributed by atoms with Crippen molar-refractivity contribution in [2.45, 2.75) is 44.4 Å². The van der Waals surface area contributed by atoms with Gasteiger partial charge in [-0.25, -0.2) is 4.79 Å². The van der Waals surface area contributed by atoms with E-state index in [0.717, 1.165) is 30.5 Å². The van der Waals surface area contributed by atoms with Crippen molar-refractivity contribution < 1.29 is 32.2 Å². The molecular weight excluding hydrogens is 425 g/mol. The second-order valence-corrected chi connectivity index (χ2v) is 7.73. The Morgan fingerprint density at radius 2 is 1.84 bits per heavy atom. The van der Waals surface area contributed by atoms with Gasteiger partial charge in [-0.15, -0.1) is 13.2 Å². The topological polar surface area (TPSA) is 67.9 Å². The van der Waals surface area contributed by atoms with E-state index in [9.17, 15) is 22.8 Å². The van der Waals surface area contributed by atoms with Crippen LogP contribution in [0.4, 0.5) is 23.7 Å². The van der Waals surface area contributed by atoms with Crippen LogP contribution in [0.25, 0.3) is 0 Å². The number of ether oxygens (including phenoxy) is 2. The molecule has 6 nitrogen and oxygen atoms in total. The van der Waals surface area contributed by atoms with Gasteiger partial charge in [-0.3, -0.25) is 10.1 Å². The summed E-state index contributed by atoms with van der Waals surface area (Å²) in [4.78, 5) is 27.1. The Hall–Kier alpha value is -3.23. The fourth-order valence-electron chi connectivity index (χ4n) is 4.00. The minimum absolute atomic E-state index is 0.0558. The number of benzene rings is 2. The average molecular weight is 450 g/mol. The standard InChI is InChI=1S/C23H25F3N2O4/c1-3-22(13-4-5-14-28(2)20(22)29)16-7-6-8-19(15-16)31-21(30)27-17-9-11-18(12-10-17)32-23(24,25)26/h6-12,15H,3-5,13-14H2,1-2H3,(H,27,30)/t22-/m0/s1. The molecule has 0 radical (unpaired) electrons. The predicted octanol–water partition coefficient (Wildman–Crippen LogP) is 5.49. The Balaban J connectivity index is 1.71. The molecule has 2 aromatic carbocycles. The first kappa shape index (κ1) is 23.4.